The number of esters is 1. The summed E-state index contributed by atoms with van der Waals surface area (Å²) in [6.07, 6.45) is 0.356. The summed E-state index contributed by atoms with van der Waals surface area (Å²) in [6.45, 7) is 1.60. The van der Waals surface area contributed by atoms with Gasteiger partial charge in [0.2, 0.25) is 5.82 Å². The molecule has 0 unspecified atom stereocenters. The van der Waals surface area contributed by atoms with Crippen molar-refractivity contribution in [1.29, 1.82) is 0 Å². The first-order valence-electron chi connectivity index (χ1n) is 9.00. The highest BCUT2D eigenvalue weighted by Crippen LogP contribution is 2.47. The number of carbonyl (C=O) groups excluding carboxylic acids is 2. The van der Waals surface area contributed by atoms with E-state index in [9.17, 15) is 31.5 Å². The minimum absolute atomic E-state index is 0.0183. The summed E-state index contributed by atoms with van der Waals surface area (Å²) in [5, 5.41) is 2.02. The lowest BCUT2D eigenvalue weighted by Gasteiger charge is -2.10. The number of hydrogen-bond acceptors (Lipinski definition) is 4. The number of halogens is 5. The van der Waals surface area contributed by atoms with Crippen molar-refractivity contribution in [2.45, 2.75) is 13.3 Å². The predicted molar refractivity (Wildman–Crippen MR) is 103 cm³/mol. The van der Waals surface area contributed by atoms with Gasteiger partial charge in [0.15, 0.2) is 23.3 Å². The molecule has 3 aromatic rings. The molecule has 0 atom stereocenters. The predicted octanol–water partition coefficient (Wildman–Crippen LogP) is 5.44. The van der Waals surface area contributed by atoms with E-state index in [1.165, 1.54) is 0 Å². The first-order chi connectivity index (χ1) is 14.8. The van der Waals surface area contributed by atoms with Crippen LogP contribution in [0.5, 0.6) is 0 Å². The summed E-state index contributed by atoms with van der Waals surface area (Å²) in [7, 11) is 0. The summed E-state index contributed by atoms with van der Waals surface area (Å²) >= 11 is 0.953. The fraction of sp³-hybridized carbons (Fsp3) is 0.143. The molecule has 160 valence electrons. The van der Waals surface area contributed by atoms with Crippen LogP contribution >= 0.6 is 11.3 Å². The van der Waals surface area contributed by atoms with Crippen LogP contribution in [0.15, 0.2) is 24.3 Å². The molecule has 1 heterocycles. The first kappa shape index (κ1) is 21.0. The molecular weight excluding hydrogens is 441 g/mol. The number of hydrogen-bond donors (Lipinski definition) is 1. The van der Waals surface area contributed by atoms with E-state index in [4.69, 9.17) is 4.74 Å². The summed E-state index contributed by atoms with van der Waals surface area (Å²) in [4.78, 5) is 25.7. The van der Waals surface area contributed by atoms with Crippen molar-refractivity contribution < 1.29 is 36.3 Å². The molecule has 0 fully saturated rings. The Hall–Kier alpha value is -3.27. The van der Waals surface area contributed by atoms with E-state index < -0.39 is 46.5 Å². The van der Waals surface area contributed by atoms with E-state index >= 15 is 0 Å². The van der Waals surface area contributed by atoms with Crippen LogP contribution < -0.4 is 5.32 Å². The number of ether oxygens (including phenoxy) is 1. The highest BCUT2D eigenvalue weighted by atomic mass is 32.1. The number of rotatable bonds is 4. The molecule has 4 rings (SSSR count). The van der Waals surface area contributed by atoms with Gasteiger partial charge < -0.3 is 10.1 Å². The Morgan fingerprint density at radius 2 is 1.58 bits per heavy atom. The molecule has 0 saturated carbocycles. The Morgan fingerprint density at radius 1 is 0.968 bits per heavy atom. The molecule has 1 amide bonds. The van der Waals surface area contributed by atoms with Crippen LogP contribution in [0.1, 0.15) is 38.8 Å². The lowest BCUT2D eigenvalue weighted by Crippen LogP contribution is -2.20. The first-order valence-corrected chi connectivity index (χ1v) is 9.81. The zero-order chi connectivity index (χ0) is 22.4. The molecular formula is C21H12F5NO3S. The van der Waals surface area contributed by atoms with E-state index in [0.29, 0.717) is 16.9 Å². The van der Waals surface area contributed by atoms with Crippen LogP contribution in [0.2, 0.25) is 0 Å². The average molecular weight is 453 g/mol. The number of anilines is 1. The molecule has 31 heavy (non-hydrogen) atoms. The molecule has 0 radical (unpaired) electrons. The van der Waals surface area contributed by atoms with Crippen molar-refractivity contribution >= 4 is 28.2 Å². The van der Waals surface area contributed by atoms with Crippen LogP contribution in [0.3, 0.4) is 0 Å². The monoisotopic (exact) mass is 453 g/mol. The second kappa shape index (κ2) is 7.77. The van der Waals surface area contributed by atoms with Crippen LogP contribution in [-0.4, -0.2) is 18.5 Å². The van der Waals surface area contributed by atoms with Crippen molar-refractivity contribution in [3.05, 3.63) is 75.6 Å². The number of fused-ring (bicyclic) bond motifs is 3. The quantitative estimate of drug-likeness (QED) is 0.194. The maximum absolute atomic E-state index is 14.0. The van der Waals surface area contributed by atoms with Crippen LogP contribution in [0, 0.1) is 29.1 Å². The maximum atomic E-state index is 14.0. The highest BCUT2D eigenvalue weighted by Gasteiger charge is 2.34. The minimum atomic E-state index is -2.37. The van der Waals surface area contributed by atoms with Crippen LogP contribution in [-0.2, 0) is 11.2 Å². The fourth-order valence-electron chi connectivity index (χ4n) is 3.41. The number of nitrogens with one attached hydrogen (secondary N) is 1. The largest absolute Gasteiger partial charge is 0.462 e. The molecule has 1 aliphatic rings. The Kier molecular flexibility index (Phi) is 5.26. The lowest BCUT2D eigenvalue weighted by atomic mass is 10.1. The van der Waals surface area contributed by atoms with E-state index in [2.05, 4.69) is 5.32 Å². The van der Waals surface area contributed by atoms with Crippen LogP contribution in [0.4, 0.5) is 27.0 Å². The Balaban J connectivity index is 1.80. The third-order valence-electron chi connectivity index (χ3n) is 4.78. The zero-order valence-electron chi connectivity index (χ0n) is 15.7. The molecule has 2 aromatic carbocycles. The van der Waals surface area contributed by atoms with Crippen molar-refractivity contribution in [2.75, 3.05) is 11.9 Å². The number of carbonyl (C=O) groups is 2. The van der Waals surface area contributed by atoms with Gasteiger partial charge in [0.05, 0.1) is 12.2 Å². The van der Waals surface area contributed by atoms with Gasteiger partial charge in [0.25, 0.3) is 5.91 Å². The molecule has 4 nitrogen and oxygen atoms in total. The Morgan fingerprint density at radius 3 is 2.23 bits per heavy atom. The van der Waals surface area contributed by atoms with Crippen LogP contribution in [0.25, 0.3) is 10.4 Å². The zero-order valence-corrected chi connectivity index (χ0v) is 16.6. The lowest BCUT2D eigenvalue weighted by molar-refractivity contribution is 0.0527. The van der Waals surface area contributed by atoms with Gasteiger partial charge >= 0.3 is 5.97 Å². The van der Waals surface area contributed by atoms with Gasteiger partial charge in [-0.25, -0.2) is 26.7 Å². The third kappa shape index (κ3) is 3.27. The third-order valence-corrected chi connectivity index (χ3v) is 5.96. The Labute approximate surface area is 176 Å². The maximum Gasteiger partial charge on any atom is 0.341 e. The molecule has 1 aliphatic carbocycles. The molecule has 0 bridgehead atoms. The van der Waals surface area contributed by atoms with E-state index in [1.807, 2.05) is 18.2 Å². The van der Waals surface area contributed by atoms with E-state index in [0.717, 1.165) is 22.5 Å². The number of benzene rings is 2. The Bertz CT molecular complexity index is 1230. The summed E-state index contributed by atoms with van der Waals surface area (Å²) in [6, 6.07) is 7.28. The SMILES string of the molecule is CCOC(=O)c1c(NC(=O)c2c(F)c(F)c(F)c(F)c2F)sc2c1Cc1ccccc1-2. The fourth-order valence-corrected chi connectivity index (χ4v) is 4.68. The molecule has 10 heteroatoms. The average Bonchev–Trinajstić information content (AvgIpc) is 3.26. The summed E-state index contributed by atoms with van der Waals surface area (Å²) in [5.74, 6) is -13.7. The molecule has 1 aromatic heterocycles. The van der Waals surface area contributed by atoms with Crippen molar-refractivity contribution in [1.82, 2.24) is 0 Å². The topological polar surface area (TPSA) is 55.4 Å². The van der Waals surface area contributed by atoms with Gasteiger partial charge in [-0.2, -0.15) is 0 Å². The molecule has 0 spiro atoms. The van der Waals surface area contributed by atoms with Crippen molar-refractivity contribution in [3.8, 4) is 10.4 Å². The minimum Gasteiger partial charge on any atom is -0.462 e. The highest BCUT2D eigenvalue weighted by molar-refractivity contribution is 7.20. The van der Waals surface area contributed by atoms with Gasteiger partial charge in [-0.05, 0) is 23.6 Å². The van der Waals surface area contributed by atoms with E-state index in [1.54, 1.807) is 13.0 Å². The van der Waals surface area contributed by atoms with Gasteiger partial charge in [0, 0.05) is 11.3 Å². The number of amides is 1. The molecule has 0 saturated heterocycles. The number of thiophene rings is 1. The molecule has 1 N–H and O–H groups in total. The molecule has 0 aliphatic heterocycles. The second-order valence-electron chi connectivity index (χ2n) is 6.57. The van der Waals surface area contributed by atoms with Gasteiger partial charge in [-0.15, -0.1) is 11.3 Å². The van der Waals surface area contributed by atoms with Crippen molar-refractivity contribution in [3.63, 3.8) is 0 Å². The standard InChI is InChI=1S/C21H12F5NO3S/c1-2-30-21(29)11-10-7-8-5-3-4-6-9(8)18(10)31-20(11)27-19(28)12-13(22)15(24)17(26)16(25)14(12)23/h3-6H,2,7H2,1H3,(H,27,28). The normalized spacial score (nSPS) is 11.8. The summed E-state index contributed by atoms with van der Waals surface area (Å²) < 4.78 is 73.4. The van der Waals surface area contributed by atoms with E-state index in [-0.39, 0.29) is 17.2 Å². The van der Waals surface area contributed by atoms with Crippen molar-refractivity contribution in [2.24, 2.45) is 0 Å². The summed E-state index contributed by atoms with van der Waals surface area (Å²) in [5.41, 5.74) is 0.643. The van der Waals surface area contributed by atoms with Gasteiger partial charge in [0.1, 0.15) is 10.6 Å². The van der Waals surface area contributed by atoms with Gasteiger partial charge in [-0.1, -0.05) is 24.3 Å². The smallest absolute Gasteiger partial charge is 0.341 e. The van der Waals surface area contributed by atoms with Gasteiger partial charge in [-0.3, -0.25) is 4.79 Å². The second-order valence-corrected chi connectivity index (χ2v) is 7.59.